The summed E-state index contributed by atoms with van der Waals surface area (Å²) in [5.41, 5.74) is 1.68. The average molecular weight is 132 g/mol. The maximum absolute atomic E-state index is 9.54. The SMILES string of the molecule is CCCCNS[C]=O. The molecule has 47 valence electrons. The summed E-state index contributed by atoms with van der Waals surface area (Å²) < 4.78 is 2.83. The molecular formula is C5H10NOS. The molecule has 0 spiro atoms. The van der Waals surface area contributed by atoms with Crippen LogP contribution in [-0.2, 0) is 4.79 Å². The molecule has 0 heterocycles. The zero-order valence-corrected chi connectivity index (χ0v) is 5.75. The first-order valence-corrected chi connectivity index (χ1v) is 3.49. The average Bonchev–Trinajstić information content (AvgIpc) is 1.81. The van der Waals surface area contributed by atoms with Gasteiger partial charge in [0, 0.05) is 18.5 Å². The molecule has 0 aromatic heterocycles. The van der Waals surface area contributed by atoms with Gasteiger partial charge >= 0.3 is 0 Å². The predicted molar refractivity (Wildman–Crippen MR) is 36.2 cm³/mol. The molecule has 0 aliphatic carbocycles. The highest BCUT2D eigenvalue weighted by Gasteiger charge is 1.82. The molecule has 0 saturated heterocycles. The van der Waals surface area contributed by atoms with Crippen molar-refractivity contribution in [1.29, 1.82) is 0 Å². The van der Waals surface area contributed by atoms with E-state index in [0.29, 0.717) is 0 Å². The molecule has 0 aromatic carbocycles. The van der Waals surface area contributed by atoms with E-state index in [-0.39, 0.29) is 0 Å². The molecule has 0 atom stereocenters. The van der Waals surface area contributed by atoms with Crippen LogP contribution in [-0.4, -0.2) is 12.2 Å². The molecule has 3 heteroatoms. The molecule has 0 rings (SSSR count). The van der Waals surface area contributed by atoms with E-state index < -0.39 is 0 Å². The smallest absolute Gasteiger partial charge is 0.276 e. The molecular weight excluding hydrogens is 122 g/mol. The van der Waals surface area contributed by atoms with Gasteiger partial charge in [0.1, 0.15) is 0 Å². The van der Waals surface area contributed by atoms with Crippen LogP contribution in [0, 0.1) is 0 Å². The largest absolute Gasteiger partial charge is 0.282 e. The Balaban J connectivity index is 2.62. The van der Waals surface area contributed by atoms with E-state index in [9.17, 15) is 4.79 Å². The number of hydrogen-bond donors (Lipinski definition) is 1. The minimum Gasteiger partial charge on any atom is -0.276 e. The van der Waals surface area contributed by atoms with Gasteiger partial charge < -0.3 is 0 Å². The molecule has 2 nitrogen and oxygen atoms in total. The topological polar surface area (TPSA) is 29.1 Å². The number of unbranched alkanes of at least 4 members (excludes halogenated alkanes) is 1. The van der Waals surface area contributed by atoms with Crippen LogP contribution in [0.15, 0.2) is 0 Å². The third-order valence-electron chi connectivity index (χ3n) is 0.746. The van der Waals surface area contributed by atoms with E-state index in [4.69, 9.17) is 0 Å². The van der Waals surface area contributed by atoms with Crippen LogP contribution in [0.2, 0.25) is 0 Å². The van der Waals surface area contributed by atoms with Crippen LogP contribution < -0.4 is 4.72 Å². The normalized spacial score (nSPS) is 9.12. The van der Waals surface area contributed by atoms with Gasteiger partial charge in [0.05, 0.1) is 0 Å². The lowest BCUT2D eigenvalue weighted by atomic mass is 10.3. The quantitative estimate of drug-likeness (QED) is 0.448. The van der Waals surface area contributed by atoms with Gasteiger partial charge in [-0.2, -0.15) is 0 Å². The van der Waals surface area contributed by atoms with Gasteiger partial charge in [-0.15, -0.1) is 0 Å². The van der Waals surface area contributed by atoms with E-state index >= 15 is 0 Å². The fraction of sp³-hybridized carbons (Fsp3) is 0.800. The van der Waals surface area contributed by atoms with Crippen LogP contribution in [0.1, 0.15) is 19.8 Å². The van der Waals surface area contributed by atoms with Crippen molar-refractivity contribution in [3.8, 4) is 0 Å². The van der Waals surface area contributed by atoms with E-state index in [1.807, 2.05) is 0 Å². The third-order valence-corrected chi connectivity index (χ3v) is 1.18. The fourth-order valence-electron chi connectivity index (χ4n) is 0.329. The highest BCUT2D eigenvalue weighted by molar-refractivity contribution is 8.10. The molecule has 0 unspecified atom stereocenters. The summed E-state index contributed by atoms with van der Waals surface area (Å²) in [4.78, 5) is 9.54. The molecule has 0 amide bonds. The predicted octanol–water partition coefficient (Wildman–Crippen LogP) is 1.09. The maximum atomic E-state index is 9.54. The molecule has 8 heavy (non-hydrogen) atoms. The lowest BCUT2D eigenvalue weighted by Gasteiger charge is -1.92. The minimum absolute atomic E-state index is 0.899. The van der Waals surface area contributed by atoms with Gasteiger partial charge in [0.2, 0.25) is 0 Å². The third kappa shape index (κ3) is 5.98. The maximum Gasteiger partial charge on any atom is 0.282 e. The van der Waals surface area contributed by atoms with Gasteiger partial charge in [-0.3, -0.25) is 9.52 Å². The standard InChI is InChI=1S/C5H10NOS/c1-2-3-4-6-8-5-7/h6H,2-4H2,1H3. The van der Waals surface area contributed by atoms with E-state index in [1.165, 1.54) is 0 Å². The molecule has 0 aliphatic rings. The molecule has 1 radical (unpaired) electrons. The summed E-state index contributed by atoms with van der Waals surface area (Å²) in [7, 11) is 0. The first-order chi connectivity index (χ1) is 3.91. The van der Waals surface area contributed by atoms with Crippen molar-refractivity contribution in [3.05, 3.63) is 0 Å². The highest BCUT2D eigenvalue weighted by Crippen LogP contribution is 1.87. The molecule has 0 aliphatic heterocycles. The Labute approximate surface area is 54.2 Å². The Hall–Kier alpha value is -0.0200. The van der Waals surface area contributed by atoms with Crippen LogP contribution in [0.3, 0.4) is 0 Å². The van der Waals surface area contributed by atoms with Crippen molar-refractivity contribution < 1.29 is 4.79 Å². The summed E-state index contributed by atoms with van der Waals surface area (Å²) in [5.74, 6) is 0. The van der Waals surface area contributed by atoms with E-state index in [1.54, 1.807) is 5.62 Å². The van der Waals surface area contributed by atoms with Crippen LogP contribution in [0.4, 0.5) is 0 Å². The fourth-order valence-corrected chi connectivity index (χ4v) is 0.635. The Morgan fingerprint density at radius 3 is 3.00 bits per heavy atom. The summed E-state index contributed by atoms with van der Waals surface area (Å²) in [6.07, 6.45) is 2.28. The van der Waals surface area contributed by atoms with Gasteiger partial charge in [-0.05, 0) is 6.42 Å². The second-order valence-corrected chi connectivity index (χ2v) is 2.09. The lowest BCUT2D eigenvalue weighted by Crippen LogP contribution is -2.03. The second kappa shape index (κ2) is 6.98. The highest BCUT2D eigenvalue weighted by atomic mass is 32.2. The van der Waals surface area contributed by atoms with Crippen LogP contribution in [0.5, 0.6) is 0 Å². The summed E-state index contributed by atoms with van der Waals surface area (Å²) in [6.45, 7) is 3.01. The van der Waals surface area contributed by atoms with Gasteiger partial charge in [-0.25, -0.2) is 0 Å². The number of hydrogen-bond acceptors (Lipinski definition) is 3. The molecule has 0 aromatic rings. The molecule has 1 N–H and O–H groups in total. The first-order valence-electron chi connectivity index (χ1n) is 2.67. The number of carbonyl (C=O) groups excluding carboxylic acids is 1. The minimum atomic E-state index is 0.899. The van der Waals surface area contributed by atoms with Crippen LogP contribution in [0.25, 0.3) is 0 Å². The summed E-state index contributed by atoms with van der Waals surface area (Å²) >= 11 is 0.992. The Bertz CT molecular complexity index is 58.4. The van der Waals surface area contributed by atoms with Gasteiger partial charge in [0.15, 0.2) is 0 Å². The van der Waals surface area contributed by atoms with E-state index in [0.717, 1.165) is 31.3 Å². The first kappa shape index (κ1) is 7.98. The molecule has 0 bridgehead atoms. The van der Waals surface area contributed by atoms with Crippen molar-refractivity contribution >= 4 is 17.6 Å². The van der Waals surface area contributed by atoms with E-state index in [2.05, 4.69) is 11.6 Å². The molecule has 0 fully saturated rings. The van der Waals surface area contributed by atoms with Crippen molar-refractivity contribution in [2.45, 2.75) is 19.8 Å². The van der Waals surface area contributed by atoms with Crippen molar-refractivity contribution in [1.82, 2.24) is 4.72 Å². The lowest BCUT2D eigenvalue weighted by molar-refractivity contribution is 0.569. The Kier molecular flexibility index (Phi) is 6.96. The van der Waals surface area contributed by atoms with Gasteiger partial charge in [0.25, 0.3) is 5.62 Å². The summed E-state index contributed by atoms with van der Waals surface area (Å²) in [5, 5.41) is 0. The van der Waals surface area contributed by atoms with Crippen molar-refractivity contribution in [2.24, 2.45) is 0 Å². The zero-order chi connectivity index (χ0) is 6.24. The second-order valence-electron chi connectivity index (χ2n) is 1.43. The molecule has 0 saturated carbocycles. The zero-order valence-electron chi connectivity index (χ0n) is 4.94. The number of nitrogens with one attached hydrogen (secondary N) is 1. The van der Waals surface area contributed by atoms with Gasteiger partial charge in [-0.1, -0.05) is 13.3 Å². The monoisotopic (exact) mass is 132 g/mol. The summed E-state index contributed by atoms with van der Waals surface area (Å²) in [6, 6.07) is 0. The van der Waals surface area contributed by atoms with Crippen LogP contribution >= 0.6 is 11.9 Å². The van der Waals surface area contributed by atoms with Crippen molar-refractivity contribution in [2.75, 3.05) is 6.54 Å². The number of rotatable bonds is 5. The Morgan fingerprint density at radius 2 is 2.50 bits per heavy atom. The Morgan fingerprint density at radius 1 is 1.75 bits per heavy atom. The van der Waals surface area contributed by atoms with Crippen molar-refractivity contribution in [3.63, 3.8) is 0 Å².